The van der Waals surface area contributed by atoms with Crippen molar-refractivity contribution in [3.8, 4) is 0 Å². The summed E-state index contributed by atoms with van der Waals surface area (Å²) >= 11 is 0. The Bertz CT molecular complexity index is 367. The summed E-state index contributed by atoms with van der Waals surface area (Å²) in [4.78, 5) is 21.7. The molecule has 1 amide bonds. The van der Waals surface area contributed by atoms with Crippen LogP contribution in [0.15, 0.2) is 12.3 Å². The number of carbonyl (C=O) groups is 1. The number of carbonyl (C=O) groups excluding carboxylic acids is 1. The Morgan fingerprint density at radius 3 is 1.69 bits per heavy atom. The molecule has 0 spiro atoms. The van der Waals surface area contributed by atoms with Gasteiger partial charge in [-0.15, -0.1) is 0 Å². The van der Waals surface area contributed by atoms with Gasteiger partial charge in [-0.1, -0.05) is 34.3 Å². The predicted molar refractivity (Wildman–Crippen MR) is 111 cm³/mol. The van der Waals surface area contributed by atoms with Gasteiger partial charge in [-0.25, -0.2) is 0 Å². The zero-order valence-corrected chi connectivity index (χ0v) is 17.8. The number of hydrogen-bond donors (Lipinski definition) is 0. The topological polar surface area (TPSA) is 30.0 Å². The van der Waals surface area contributed by atoms with Gasteiger partial charge in [0.1, 0.15) is 0 Å². The maximum absolute atomic E-state index is 12.5. The summed E-state index contributed by atoms with van der Waals surface area (Å²) in [7, 11) is 0. The Hall–Kier alpha value is -1.07. The number of rotatable bonds is 13. The maximum atomic E-state index is 12.5. The molecule has 0 aromatic heterocycles. The van der Waals surface area contributed by atoms with Crippen molar-refractivity contribution < 1.29 is 4.79 Å². The molecule has 1 saturated heterocycles. The predicted octanol–water partition coefficient (Wildman–Crippen LogP) is 2.89. The molecule has 0 aromatic carbocycles. The van der Waals surface area contributed by atoms with Crippen molar-refractivity contribution >= 4 is 5.91 Å². The molecular weight excluding hydrogens is 324 g/mol. The van der Waals surface area contributed by atoms with Crippen LogP contribution in [0.4, 0.5) is 0 Å². The number of hydrogen-bond acceptors (Lipinski definition) is 4. The molecule has 152 valence electrons. The van der Waals surface area contributed by atoms with Gasteiger partial charge in [0.15, 0.2) is 0 Å². The Kier molecular flexibility index (Phi) is 11.6. The van der Waals surface area contributed by atoms with E-state index in [1.165, 1.54) is 18.7 Å². The molecule has 0 aromatic rings. The van der Waals surface area contributed by atoms with Gasteiger partial charge < -0.3 is 19.6 Å². The Morgan fingerprint density at radius 1 is 0.769 bits per heavy atom. The highest BCUT2D eigenvalue weighted by atomic mass is 16.2. The summed E-state index contributed by atoms with van der Waals surface area (Å²) in [6.07, 6.45) is 4.03. The van der Waals surface area contributed by atoms with Gasteiger partial charge in [-0.2, -0.15) is 0 Å². The van der Waals surface area contributed by atoms with Crippen molar-refractivity contribution in [2.24, 2.45) is 0 Å². The van der Waals surface area contributed by atoms with E-state index in [9.17, 15) is 4.79 Å². The van der Waals surface area contributed by atoms with Crippen LogP contribution in [0.2, 0.25) is 0 Å². The van der Waals surface area contributed by atoms with Gasteiger partial charge in [0.05, 0.1) is 0 Å². The van der Waals surface area contributed by atoms with Crippen molar-refractivity contribution in [3.63, 3.8) is 0 Å². The molecule has 1 rings (SSSR count). The minimum absolute atomic E-state index is 0.310. The normalized spacial score (nSPS) is 15.2. The third-order valence-electron chi connectivity index (χ3n) is 5.41. The first-order valence-corrected chi connectivity index (χ1v) is 10.7. The highest BCUT2D eigenvalue weighted by molar-refractivity contribution is 5.76. The smallest absolute Gasteiger partial charge is 0.223 e. The molecule has 0 N–H and O–H groups in total. The fourth-order valence-electron chi connectivity index (χ4n) is 3.62. The van der Waals surface area contributed by atoms with E-state index in [-0.39, 0.29) is 0 Å². The summed E-state index contributed by atoms with van der Waals surface area (Å²) in [5, 5.41) is 0. The maximum Gasteiger partial charge on any atom is 0.223 e. The van der Waals surface area contributed by atoms with Gasteiger partial charge in [-0.3, -0.25) is 4.79 Å². The third-order valence-corrected chi connectivity index (χ3v) is 5.41. The van der Waals surface area contributed by atoms with Crippen molar-refractivity contribution in [1.29, 1.82) is 0 Å². The van der Waals surface area contributed by atoms with E-state index < -0.39 is 0 Å². The fraction of sp³-hybridized carbons (Fsp3) is 0.857. The van der Waals surface area contributed by atoms with Crippen LogP contribution >= 0.6 is 0 Å². The molecule has 0 saturated carbocycles. The van der Waals surface area contributed by atoms with E-state index in [1.54, 1.807) is 0 Å². The first kappa shape index (κ1) is 23.0. The molecule has 1 aliphatic heterocycles. The monoisotopic (exact) mass is 366 g/mol. The number of amides is 1. The summed E-state index contributed by atoms with van der Waals surface area (Å²) in [6.45, 7) is 23.0. The number of nitrogens with zero attached hydrogens (tertiary/aromatic N) is 4. The lowest BCUT2D eigenvalue weighted by Crippen LogP contribution is -2.48. The second-order valence-corrected chi connectivity index (χ2v) is 7.30. The molecule has 0 radical (unpaired) electrons. The van der Waals surface area contributed by atoms with Gasteiger partial charge in [0, 0.05) is 51.4 Å². The second-order valence-electron chi connectivity index (χ2n) is 7.30. The van der Waals surface area contributed by atoms with E-state index >= 15 is 0 Å². The molecular formula is C21H42N4O. The highest BCUT2D eigenvalue weighted by Crippen LogP contribution is 2.13. The largest absolute Gasteiger partial charge is 0.372 e. The second kappa shape index (κ2) is 13.2. The average Bonchev–Trinajstić information content (AvgIpc) is 2.67. The minimum atomic E-state index is 0.310. The highest BCUT2D eigenvalue weighted by Gasteiger charge is 2.22. The van der Waals surface area contributed by atoms with Gasteiger partial charge in [0.2, 0.25) is 5.91 Å². The molecule has 26 heavy (non-hydrogen) atoms. The molecule has 5 heteroatoms. The van der Waals surface area contributed by atoms with Crippen molar-refractivity contribution in [2.45, 2.75) is 53.4 Å². The lowest BCUT2D eigenvalue weighted by atomic mass is 10.2. The molecule has 0 aliphatic carbocycles. The minimum Gasteiger partial charge on any atom is -0.372 e. The van der Waals surface area contributed by atoms with Crippen LogP contribution in [0, 0.1) is 0 Å². The summed E-state index contributed by atoms with van der Waals surface area (Å²) in [5.41, 5.74) is 1.23. The van der Waals surface area contributed by atoms with Crippen LogP contribution in [0.3, 0.4) is 0 Å². The Morgan fingerprint density at radius 2 is 1.23 bits per heavy atom. The SMILES string of the molecule is C=C(CCN(CC)CCC)N1CCN(C(=O)CCN(CC)CCC)CC1. The summed E-state index contributed by atoms with van der Waals surface area (Å²) in [5.74, 6) is 0.310. The third kappa shape index (κ3) is 8.09. The lowest BCUT2D eigenvalue weighted by molar-refractivity contribution is -0.133. The molecule has 0 bridgehead atoms. The Balaban J connectivity index is 2.30. The van der Waals surface area contributed by atoms with E-state index in [0.29, 0.717) is 12.3 Å². The standard InChI is InChI=1S/C21H42N4O/c1-6-12-22(8-3)14-10-20(5)24-16-18-25(19-17-24)21(26)11-15-23(9-4)13-7-2/h5-19H2,1-4H3. The van der Waals surface area contributed by atoms with Crippen LogP contribution in [0.1, 0.15) is 53.4 Å². The molecule has 1 heterocycles. The van der Waals surface area contributed by atoms with Crippen LogP contribution in [0.25, 0.3) is 0 Å². The van der Waals surface area contributed by atoms with E-state index in [0.717, 1.165) is 71.7 Å². The number of piperazine rings is 1. The van der Waals surface area contributed by atoms with Crippen LogP contribution in [0.5, 0.6) is 0 Å². The van der Waals surface area contributed by atoms with Crippen molar-refractivity contribution in [3.05, 3.63) is 12.3 Å². The molecule has 1 fully saturated rings. The first-order valence-electron chi connectivity index (χ1n) is 10.7. The van der Waals surface area contributed by atoms with Crippen molar-refractivity contribution in [1.82, 2.24) is 19.6 Å². The Labute approximate surface area is 162 Å². The first-order chi connectivity index (χ1) is 12.5. The molecule has 0 atom stereocenters. The molecule has 1 aliphatic rings. The van der Waals surface area contributed by atoms with Gasteiger partial charge in [0.25, 0.3) is 0 Å². The van der Waals surface area contributed by atoms with E-state index in [1.807, 2.05) is 4.90 Å². The van der Waals surface area contributed by atoms with E-state index in [2.05, 4.69) is 49.0 Å². The van der Waals surface area contributed by atoms with E-state index in [4.69, 9.17) is 0 Å². The lowest BCUT2D eigenvalue weighted by Gasteiger charge is -2.37. The fourth-order valence-corrected chi connectivity index (χ4v) is 3.62. The van der Waals surface area contributed by atoms with Crippen LogP contribution in [-0.4, -0.2) is 91.0 Å². The molecule has 0 unspecified atom stereocenters. The van der Waals surface area contributed by atoms with Crippen LogP contribution < -0.4 is 0 Å². The quantitative estimate of drug-likeness (QED) is 0.501. The summed E-state index contributed by atoms with van der Waals surface area (Å²) in [6, 6.07) is 0. The average molecular weight is 367 g/mol. The molecule has 5 nitrogen and oxygen atoms in total. The van der Waals surface area contributed by atoms with Gasteiger partial charge >= 0.3 is 0 Å². The van der Waals surface area contributed by atoms with Gasteiger partial charge in [-0.05, 0) is 45.4 Å². The zero-order chi connectivity index (χ0) is 19.4. The van der Waals surface area contributed by atoms with Crippen molar-refractivity contribution in [2.75, 3.05) is 65.4 Å². The summed E-state index contributed by atoms with van der Waals surface area (Å²) < 4.78 is 0. The van der Waals surface area contributed by atoms with Crippen LogP contribution in [-0.2, 0) is 4.79 Å². The zero-order valence-electron chi connectivity index (χ0n) is 17.8.